The molecular formula is C11H23IPb3. The third kappa shape index (κ3) is 26.9. The molecule has 0 amide bonds. The molecule has 0 aliphatic heterocycles. The quantitative estimate of drug-likeness (QED) is 0.143. The smallest absolute Gasteiger partial charge is 0 e. The van der Waals surface area contributed by atoms with E-state index in [2.05, 4.69) is 29.5 Å². The number of alkyl halides is 1. The van der Waals surface area contributed by atoms with Crippen LogP contribution in [0.3, 0.4) is 0 Å². The van der Waals surface area contributed by atoms with Crippen LogP contribution in [0.25, 0.3) is 0 Å². The van der Waals surface area contributed by atoms with E-state index in [1.54, 1.807) is 0 Å². The second kappa shape index (κ2) is 26.1. The summed E-state index contributed by atoms with van der Waals surface area (Å²) in [4.78, 5) is 0. The molecule has 0 aliphatic rings. The second-order valence-corrected chi connectivity index (χ2v) is 4.60. The summed E-state index contributed by atoms with van der Waals surface area (Å²) in [6.07, 6.45) is 13.0. The number of hydrogen-bond donors (Lipinski definition) is 0. The van der Waals surface area contributed by atoms with Crippen LogP contribution >= 0.6 is 22.6 Å². The van der Waals surface area contributed by atoms with Crippen LogP contribution in [0.4, 0.5) is 0 Å². The molecule has 0 atom stereocenters. The van der Waals surface area contributed by atoms with Gasteiger partial charge in [-0.15, -0.1) is 0 Å². The molecule has 0 aromatic heterocycles. The second-order valence-electron chi connectivity index (χ2n) is 3.52. The van der Waals surface area contributed by atoms with Crippen molar-refractivity contribution < 1.29 is 0 Å². The molecule has 0 spiro atoms. The topological polar surface area (TPSA) is 0 Å². The Hall–Kier alpha value is 3.50. The van der Waals surface area contributed by atoms with Gasteiger partial charge in [0.1, 0.15) is 0 Å². The molecule has 0 N–H and O–H groups in total. The Morgan fingerprint density at radius 1 is 0.600 bits per heavy atom. The zero-order valence-electron chi connectivity index (χ0n) is 9.95. The van der Waals surface area contributed by atoms with Crippen LogP contribution in [0.1, 0.15) is 64.7 Å². The van der Waals surface area contributed by atoms with Gasteiger partial charge >= 0.3 is 0 Å². The van der Waals surface area contributed by atoms with E-state index in [4.69, 9.17) is 0 Å². The third-order valence-electron chi connectivity index (χ3n) is 2.24. The molecule has 0 rings (SSSR count). The monoisotopic (exact) mass is 906 g/mol. The van der Waals surface area contributed by atoms with Gasteiger partial charge in [-0.1, -0.05) is 80.9 Å². The van der Waals surface area contributed by atoms with Crippen molar-refractivity contribution in [2.24, 2.45) is 0 Å². The number of unbranched alkanes of at least 4 members (excludes halogenated alkanes) is 8. The van der Waals surface area contributed by atoms with Gasteiger partial charge < -0.3 is 0 Å². The van der Waals surface area contributed by atoms with Crippen molar-refractivity contribution in [3.05, 3.63) is 0 Å². The molecule has 0 saturated carbocycles. The third-order valence-corrected chi connectivity index (χ3v) is 3.00. The number of rotatable bonds is 9. The van der Waals surface area contributed by atoms with Crippen molar-refractivity contribution in [3.8, 4) is 0 Å². The summed E-state index contributed by atoms with van der Waals surface area (Å²) in [5.41, 5.74) is 0. The van der Waals surface area contributed by atoms with Crippen LogP contribution in [0.2, 0.25) is 0 Å². The molecule has 0 fully saturated rings. The SMILES string of the molecule is CCCCCCCCCCCI.[Pb].[Pb].[Pb]. The van der Waals surface area contributed by atoms with Crippen molar-refractivity contribution in [1.82, 2.24) is 0 Å². The van der Waals surface area contributed by atoms with E-state index in [-0.39, 0.29) is 81.9 Å². The zero-order valence-corrected chi connectivity index (χ0v) is 23.8. The summed E-state index contributed by atoms with van der Waals surface area (Å²) < 4.78 is 1.34. The maximum atomic E-state index is 2.47. The summed E-state index contributed by atoms with van der Waals surface area (Å²) >= 11 is 2.47. The number of hydrogen-bond acceptors (Lipinski definition) is 0. The predicted octanol–water partition coefficient (Wildman–Crippen LogP) is 3.81. The molecule has 0 aliphatic carbocycles. The molecule has 0 saturated heterocycles. The normalized spacial score (nSPS) is 8.40. The molecule has 15 heavy (non-hydrogen) atoms. The minimum absolute atomic E-state index is 0. The fourth-order valence-electron chi connectivity index (χ4n) is 1.41. The predicted molar refractivity (Wildman–Crippen MR) is 83.4 cm³/mol. The van der Waals surface area contributed by atoms with Crippen molar-refractivity contribution >= 4 is 104 Å². The molecule has 4 heteroatoms. The van der Waals surface area contributed by atoms with Gasteiger partial charge in [0.05, 0.1) is 0 Å². The summed E-state index contributed by atoms with van der Waals surface area (Å²) in [7, 11) is 0. The molecule has 0 heterocycles. The fraction of sp³-hybridized carbons (Fsp3) is 1.00. The van der Waals surface area contributed by atoms with E-state index in [1.165, 1.54) is 62.2 Å². The van der Waals surface area contributed by atoms with Crippen LogP contribution in [0, 0.1) is 0 Å². The van der Waals surface area contributed by atoms with Gasteiger partial charge in [-0.25, -0.2) is 0 Å². The first-order valence-electron chi connectivity index (χ1n) is 5.47. The van der Waals surface area contributed by atoms with E-state index >= 15 is 0 Å². The van der Waals surface area contributed by atoms with Gasteiger partial charge in [-0.3, -0.25) is 0 Å². The van der Waals surface area contributed by atoms with Gasteiger partial charge in [-0.05, 0) is 10.8 Å². The Morgan fingerprint density at radius 2 is 0.933 bits per heavy atom. The van der Waals surface area contributed by atoms with E-state index < -0.39 is 0 Å². The van der Waals surface area contributed by atoms with Gasteiger partial charge in [0.15, 0.2) is 0 Å². The van der Waals surface area contributed by atoms with Crippen LogP contribution in [-0.4, -0.2) is 86.3 Å². The first-order valence-corrected chi connectivity index (χ1v) is 7.00. The van der Waals surface area contributed by atoms with E-state index in [1.807, 2.05) is 0 Å². The van der Waals surface area contributed by atoms with E-state index in [0.29, 0.717) is 0 Å². The van der Waals surface area contributed by atoms with Crippen LogP contribution < -0.4 is 0 Å². The van der Waals surface area contributed by atoms with Gasteiger partial charge in [0, 0.05) is 81.9 Å². The van der Waals surface area contributed by atoms with Gasteiger partial charge in [0.25, 0.3) is 0 Å². The maximum absolute atomic E-state index is 2.47. The van der Waals surface area contributed by atoms with Crippen LogP contribution in [0.15, 0.2) is 0 Å². The Kier molecular flexibility index (Phi) is 47.0. The Morgan fingerprint density at radius 3 is 1.27 bits per heavy atom. The van der Waals surface area contributed by atoms with Crippen LogP contribution in [-0.2, 0) is 0 Å². The summed E-state index contributed by atoms with van der Waals surface area (Å²) in [5, 5.41) is 0. The Balaban J connectivity index is -0.000000202. The largest absolute Gasteiger partial charge is 0.0864 e. The molecule has 12 radical (unpaired) electrons. The summed E-state index contributed by atoms with van der Waals surface area (Å²) in [6, 6.07) is 0. The van der Waals surface area contributed by atoms with Gasteiger partial charge in [0.2, 0.25) is 0 Å². The van der Waals surface area contributed by atoms with Gasteiger partial charge in [-0.2, -0.15) is 0 Å². The number of halogens is 1. The van der Waals surface area contributed by atoms with Crippen molar-refractivity contribution in [3.63, 3.8) is 0 Å². The van der Waals surface area contributed by atoms with E-state index in [9.17, 15) is 0 Å². The molecule has 86 valence electrons. The molecule has 0 aromatic rings. The van der Waals surface area contributed by atoms with Crippen molar-refractivity contribution in [2.45, 2.75) is 64.7 Å². The minimum atomic E-state index is 0. The minimum Gasteiger partial charge on any atom is -0.0864 e. The fourth-order valence-corrected chi connectivity index (χ4v) is 1.94. The Labute approximate surface area is 170 Å². The van der Waals surface area contributed by atoms with Crippen molar-refractivity contribution in [2.75, 3.05) is 4.43 Å². The summed E-state index contributed by atoms with van der Waals surface area (Å²) in [6.45, 7) is 2.28. The van der Waals surface area contributed by atoms with Crippen molar-refractivity contribution in [1.29, 1.82) is 0 Å². The zero-order chi connectivity index (χ0) is 9.07. The average Bonchev–Trinajstić information content (AvgIpc) is 2.10. The molecule has 0 aromatic carbocycles. The molecule has 0 bridgehead atoms. The first-order chi connectivity index (χ1) is 5.91. The standard InChI is InChI=1S/C11H23I.3Pb/c1-2-3-4-5-6-7-8-9-10-11-12;;;/h2-11H2,1H3;;;. The first kappa shape index (κ1) is 26.9. The molecular weight excluding hydrogens is 881 g/mol. The maximum Gasteiger partial charge on any atom is 0 e. The molecule has 0 nitrogen and oxygen atoms in total. The summed E-state index contributed by atoms with van der Waals surface area (Å²) in [5.74, 6) is 0. The average molecular weight is 904 g/mol. The molecule has 0 unspecified atom stereocenters. The Bertz CT molecular complexity index is 72.2. The van der Waals surface area contributed by atoms with Crippen LogP contribution in [0.5, 0.6) is 0 Å². The van der Waals surface area contributed by atoms with E-state index in [0.717, 1.165) is 0 Å².